The number of ether oxygens (including phenoxy) is 2. The lowest BCUT2D eigenvalue weighted by Gasteiger charge is -2.74. The number of nitrogens with zero attached hydrogens (tertiary/aromatic N) is 2. The maximum Gasteiger partial charge on any atom is 0.312 e. The molecule has 3 aromatic rings. The summed E-state index contributed by atoms with van der Waals surface area (Å²) in [4.78, 5) is 46.2. The number of carbonyl (C=O) groups excluding carboxylic acids is 2. The Bertz CT molecular complexity index is 1690. The highest BCUT2D eigenvalue weighted by Gasteiger charge is 2.80. The van der Waals surface area contributed by atoms with Crippen LogP contribution in [0.5, 0.6) is 11.5 Å². The highest BCUT2D eigenvalue weighted by Crippen LogP contribution is 2.75. The Morgan fingerprint density at radius 1 is 0.980 bits per heavy atom. The Morgan fingerprint density at radius 3 is 2.27 bits per heavy atom. The van der Waals surface area contributed by atoms with Crippen LogP contribution in [0.25, 0.3) is 0 Å². The van der Waals surface area contributed by atoms with Gasteiger partial charge in [-0.05, 0) is 99.7 Å². The molecule has 8 rings (SSSR count). The van der Waals surface area contributed by atoms with Gasteiger partial charge < -0.3 is 25.2 Å². The number of rotatable bonds is 10. The first-order chi connectivity index (χ1) is 23.6. The lowest BCUT2D eigenvalue weighted by molar-refractivity contribution is -0.213. The van der Waals surface area contributed by atoms with Crippen LogP contribution in [0.2, 0.25) is 0 Å². The van der Waals surface area contributed by atoms with Gasteiger partial charge in [0, 0.05) is 28.9 Å². The summed E-state index contributed by atoms with van der Waals surface area (Å²) in [6.07, 6.45) is 5.05. The molecule has 4 saturated carbocycles. The van der Waals surface area contributed by atoms with Gasteiger partial charge in [-0.2, -0.15) is 5.10 Å². The molecule has 1 aromatic heterocycles. The van der Waals surface area contributed by atoms with Crippen molar-refractivity contribution >= 4 is 23.5 Å². The molecule has 49 heavy (non-hydrogen) atoms. The summed E-state index contributed by atoms with van der Waals surface area (Å²) in [5.41, 5.74) is -1.98. The summed E-state index contributed by atoms with van der Waals surface area (Å²) in [5, 5.41) is 25.5. The molecule has 4 N–H and O–H groups in total. The van der Waals surface area contributed by atoms with Gasteiger partial charge in [0.25, 0.3) is 5.91 Å². The van der Waals surface area contributed by atoms with E-state index in [4.69, 9.17) is 9.47 Å². The zero-order valence-electron chi connectivity index (χ0n) is 28.7. The van der Waals surface area contributed by atoms with E-state index in [2.05, 4.69) is 20.8 Å². The van der Waals surface area contributed by atoms with Crippen molar-refractivity contribution in [2.75, 3.05) is 32.2 Å². The van der Waals surface area contributed by atoms with E-state index in [1.165, 1.54) is 6.20 Å². The number of methoxy groups -OCH3 is 2. The second-order valence-corrected chi connectivity index (χ2v) is 14.8. The zero-order chi connectivity index (χ0) is 34.6. The molecule has 6 unspecified atom stereocenters. The van der Waals surface area contributed by atoms with Crippen LogP contribution in [0, 0.1) is 29.1 Å². The molecule has 2 aromatic carbocycles. The van der Waals surface area contributed by atoms with Crippen molar-refractivity contribution in [2.45, 2.75) is 69.4 Å². The fourth-order valence-electron chi connectivity index (χ4n) is 11.1. The summed E-state index contributed by atoms with van der Waals surface area (Å²) in [6, 6.07) is 16.6. The van der Waals surface area contributed by atoms with E-state index in [0.29, 0.717) is 36.4 Å². The summed E-state index contributed by atoms with van der Waals surface area (Å²) in [7, 11) is 3.23. The number of aromatic nitrogens is 2. The van der Waals surface area contributed by atoms with Crippen LogP contribution in [-0.4, -0.2) is 72.0 Å². The monoisotopic (exact) mass is 669 g/mol. The molecule has 11 heteroatoms. The third-order valence-electron chi connectivity index (χ3n) is 12.4. The highest BCUT2D eigenvalue weighted by molar-refractivity contribution is 6.07. The minimum absolute atomic E-state index is 0.0161. The number of hydrogen-bond acceptors (Lipinski definition) is 7. The second kappa shape index (κ2) is 12.5. The second-order valence-electron chi connectivity index (χ2n) is 14.8. The minimum Gasteiger partial charge on any atom is -0.496 e. The number of hydrogen-bond donors (Lipinski definition) is 4. The van der Waals surface area contributed by atoms with Crippen LogP contribution in [0.1, 0.15) is 68.4 Å². The number of para-hydroxylation sites is 1. The summed E-state index contributed by atoms with van der Waals surface area (Å²) < 4.78 is 12.1. The molecule has 1 aliphatic heterocycles. The minimum atomic E-state index is -1.48. The van der Waals surface area contributed by atoms with Gasteiger partial charge in [-0.1, -0.05) is 38.1 Å². The first-order valence-corrected chi connectivity index (χ1v) is 17.5. The summed E-state index contributed by atoms with van der Waals surface area (Å²) in [6.45, 7) is 5.51. The van der Waals surface area contributed by atoms with Crippen molar-refractivity contribution in [2.24, 2.45) is 29.1 Å². The predicted molar refractivity (Wildman–Crippen MR) is 184 cm³/mol. The van der Waals surface area contributed by atoms with E-state index in [9.17, 15) is 14.7 Å². The lowest BCUT2D eigenvalue weighted by Crippen LogP contribution is -2.82. The van der Waals surface area contributed by atoms with E-state index >= 15 is 4.79 Å². The van der Waals surface area contributed by atoms with Crippen molar-refractivity contribution in [3.63, 3.8) is 0 Å². The fraction of sp³-hybridized carbons (Fsp3) is 0.526. The number of piperidine rings is 1. The Hall–Kier alpha value is -4.38. The average Bonchev–Trinajstić information content (AvgIpc) is 3.64. The molecule has 2 amide bonds. The lowest BCUT2D eigenvalue weighted by atomic mass is 9.31. The van der Waals surface area contributed by atoms with Crippen LogP contribution in [0.15, 0.2) is 60.8 Å². The van der Waals surface area contributed by atoms with Crippen LogP contribution >= 0.6 is 0 Å². The van der Waals surface area contributed by atoms with Gasteiger partial charge in [0.15, 0.2) is 0 Å². The number of carboxylic acid groups (broad SMARTS) is 1. The van der Waals surface area contributed by atoms with Crippen molar-refractivity contribution < 1.29 is 29.0 Å². The average molecular weight is 670 g/mol. The fourth-order valence-corrected chi connectivity index (χ4v) is 11.1. The molecule has 5 fully saturated rings. The number of carbonyl (C=O) groups is 3. The number of benzene rings is 2. The quantitative estimate of drug-likeness (QED) is 0.241. The Kier molecular flexibility index (Phi) is 8.45. The predicted octanol–water partition coefficient (Wildman–Crippen LogP) is 4.80. The molecule has 2 heterocycles. The van der Waals surface area contributed by atoms with Crippen LogP contribution in [-0.2, 0) is 15.0 Å². The van der Waals surface area contributed by atoms with Crippen molar-refractivity contribution in [3.8, 4) is 11.5 Å². The van der Waals surface area contributed by atoms with Crippen LogP contribution < -0.4 is 25.0 Å². The van der Waals surface area contributed by atoms with Crippen LogP contribution in [0.4, 0.5) is 5.69 Å². The van der Waals surface area contributed by atoms with Crippen LogP contribution in [0.3, 0.4) is 0 Å². The number of aromatic amines is 1. The molecule has 11 nitrogen and oxygen atoms in total. The van der Waals surface area contributed by atoms with Gasteiger partial charge in [-0.3, -0.25) is 24.4 Å². The Labute approximate surface area is 287 Å². The van der Waals surface area contributed by atoms with Crippen molar-refractivity contribution in [1.82, 2.24) is 20.8 Å². The third-order valence-corrected chi connectivity index (χ3v) is 12.4. The number of anilines is 1. The molecule has 260 valence electrons. The number of nitrogens with one attached hydrogen (secondary N) is 3. The van der Waals surface area contributed by atoms with Crippen molar-refractivity contribution in [1.29, 1.82) is 0 Å². The number of carboxylic acids is 1. The van der Waals surface area contributed by atoms with Crippen molar-refractivity contribution in [3.05, 3.63) is 72.1 Å². The molecule has 0 spiro atoms. The van der Waals surface area contributed by atoms with E-state index in [1.807, 2.05) is 62.4 Å². The van der Waals surface area contributed by atoms with Gasteiger partial charge in [0.1, 0.15) is 17.2 Å². The van der Waals surface area contributed by atoms with Gasteiger partial charge >= 0.3 is 5.97 Å². The van der Waals surface area contributed by atoms with E-state index < -0.39 is 40.1 Å². The number of amides is 2. The maximum atomic E-state index is 15.1. The maximum absolute atomic E-state index is 15.1. The first-order valence-electron chi connectivity index (χ1n) is 17.5. The van der Waals surface area contributed by atoms with E-state index in [-0.39, 0.29) is 35.9 Å². The Balaban J connectivity index is 1.54. The van der Waals surface area contributed by atoms with Gasteiger partial charge in [-0.15, -0.1) is 0 Å². The van der Waals surface area contributed by atoms with Gasteiger partial charge in [-0.25, -0.2) is 0 Å². The summed E-state index contributed by atoms with van der Waals surface area (Å²) in [5.74, 6) is -1.98. The van der Waals surface area contributed by atoms with E-state index in [0.717, 1.165) is 31.5 Å². The molecular formula is C38H47N5O6. The van der Waals surface area contributed by atoms with Gasteiger partial charge in [0.05, 0.1) is 31.1 Å². The highest BCUT2D eigenvalue weighted by atomic mass is 16.5. The van der Waals surface area contributed by atoms with Gasteiger partial charge in [0.2, 0.25) is 5.91 Å². The number of aliphatic carboxylic acids is 1. The molecule has 4 bridgehead atoms. The first kappa shape index (κ1) is 33.1. The Morgan fingerprint density at radius 2 is 1.67 bits per heavy atom. The topological polar surface area (TPSA) is 146 Å². The standard InChI is InChI=1S/C38H47N5O6/c1-23(2)38(35(46)47)27-19-24-20-36(32-29(48-3)11-8-12-30(32)49-4,31(27)33(44)41-25-13-16-39-17-14-25)22-37(38,21-24)43(26-9-6-5-7-10-26)34(45)28-15-18-40-42-28/h5-12,15,18,23-25,27,31,39H,13-14,16-17,19-22H2,1-4H3,(H,40,42)(H,41,44)(H,46,47). The molecule has 5 aliphatic rings. The normalized spacial score (nSPS) is 30.6. The summed E-state index contributed by atoms with van der Waals surface area (Å²) >= 11 is 0. The number of H-pyrrole nitrogens is 1. The largest absolute Gasteiger partial charge is 0.496 e. The van der Waals surface area contributed by atoms with E-state index in [1.54, 1.807) is 25.2 Å². The molecule has 1 saturated heterocycles. The molecule has 6 atom stereocenters. The smallest absolute Gasteiger partial charge is 0.312 e. The third kappa shape index (κ3) is 4.79. The molecular weight excluding hydrogens is 622 g/mol. The zero-order valence-corrected chi connectivity index (χ0v) is 28.7. The molecule has 0 radical (unpaired) electrons. The molecule has 4 aliphatic carbocycles. The SMILES string of the molecule is COc1cccc(OC)c1C12CC3CC(C1C(=O)NC1CCNCC1)C(C(=O)O)(C(C)C)C(N(C(=O)c1ccn[nH]1)c1ccccc1)(C3)C2.